The third-order valence-electron chi connectivity index (χ3n) is 4.28. The number of benzene rings is 1. The molecule has 0 spiro atoms. The maximum atomic E-state index is 12.2. The first-order chi connectivity index (χ1) is 12.3. The molecule has 2 rings (SSSR count). The van der Waals surface area contributed by atoms with Gasteiger partial charge in [-0.25, -0.2) is 4.79 Å². The van der Waals surface area contributed by atoms with Crippen molar-refractivity contribution in [1.82, 2.24) is 10.6 Å². The largest absolute Gasteiger partial charge is 0.497 e. The summed E-state index contributed by atoms with van der Waals surface area (Å²) in [6.07, 6.45) is 0.480. The van der Waals surface area contributed by atoms with E-state index in [4.69, 9.17) is 4.74 Å². The lowest BCUT2D eigenvalue weighted by Gasteiger charge is -2.25. The second kappa shape index (κ2) is 8.46. The summed E-state index contributed by atoms with van der Waals surface area (Å²) in [5.41, 5.74) is 0.725. The fraction of sp³-hybridized carbons (Fsp3) is 0.444. The monoisotopic (exact) mass is 362 g/mol. The third-order valence-corrected chi connectivity index (χ3v) is 4.28. The van der Waals surface area contributed by atoms with E-state index in [1.54, 1.807) is 24.3 Å². The highest BCUT2D eigenvalue weighted by Crippen LogP contribution is 2.22. The molecule has 0 aromatic heterocycles. The van der Waals surface area contributed by atoms with Crippen molar-refractivity contribution in [2.75, 3.05) is 7.11 Å². The van der Waals surface area contributed by atoms with Gasteiger partial charge in [0.25, 0.3) is 0 Å². The average Bonchev–Trinajstić information content (AvgIpc) is 2.58. The summed E-state index contributed by atoms with van der Waals surface area (Å²) >= 11 is 0. The number of carbonyl (C=O) groups excluding carboxylic acids is 3. The highest BCUT2D eigenvalue weighted by molar-refractivity contribution is 5.98. The van der Waals surface area contributed by atoms with Crippen LogP contribution in [0.15, 0.2) is 24.3 Å². The number of ether oxygens (including phenoxy) is 1. The van der Waals surface area contributed by atoms with Gasteiger partial charge in [-0.05, 0) is 24.6 Å². The standard InChI is InChI=1S/C18H22N2O6/c1-10(19-17(23)12-8-13(21)9-12)16(22)20-15(18(24)25)7-11-3-5-14(26-2)6-4-11/h3-6,10,12,15H,7-9H2,1-2H3,(H,19,23)(H,20,22)(H,24,25)/t10-,15?/m1/s1. The third kappa shape index (κ3) is 5.05. The summed E-state index contributed by atoms with van der Waals surface area (Å²) in [6.45, 7) is 1.47. The fourth-order valence-electron chi connectivity index (χ4n) is 2.57. The molecule has 140 valence electrons. The lowest BCUT2D eigenvalue weighted by molar-refractivity contribution is -0.142. The molecule has 0 heterocycles. The highest BCUT2D eigenvalue weighted by atomic mass is 16.5. The lowest BCUT2D eigenvalue weighted by Crippen LogP contribution is -2.52. The Morgan fingerprint density at radius 3 is 2.31 bits per heavy atom. The fourth-order valence-corrected chi connectivity index (χ4v) is 2.57. The van der Waals surface area contributed by atoms with Gasteiger partial charge in [0, 0.05) is 19.3 Å². The molecule has 1 saturated carbocycles. The van der Waals surface area contributed by atoms with Gasteiger partial charge in [-0.2, -0.15) is 0 Å². The predicted molar refractivity (Wildman–Crippen MR) is 91.6 cm³/mol. The Labute approximate surface area is 150 Å². The highest BCUT2D eigenvalue weighted by Gasteiger charge is 2.34. The zero-order chi connectivity index (χ0) is 19.3. The normalized spacial score (nSPS) is 16.2. The number of ketones is 1. The van der Waals surface area contributed by atoms with Gasteiger partial charge in [-0.1, -0.05) is 12.1 Å². The Morgan fingerprint density at radius 1 is 1.19 bits per heavy atom. The number of carboxylic acids is 1. The van der Waals surface area contributed by atoms with E-state index >= 15 is 0 Å². The molecule has 0 aliphatic heterocycles. The first-order valence-corrected chi connectivity index (χ1v) is 8.28. The zero-order valence-electron chi connectivity index (χ0n) is 14.7. The van der Waals surface area contributed by atoms with Crippen LogP contribution in [0.5, 0.6) is 5.75 Å². The zero-order valence-corrected chi connectivity index (χ0v) is 14.7. The summed E-state index contributed by atoms with van der Waals surface area (Å²) in [6, 6.07) is 4.84. The van der Waals surface area contributed by atoms with Gasteiger partial charge in [0.2, 0.25) is 11.8 Å². The molecule has 2 amide bonds. The van der Waals surface area contributed by atoms with Crippen molar-refractivity contribution in [3.05, 3.63) is 29.8 Å². The summed E-state index contributed by atoms with van der Waals surface area (Å²) < 4.78 is 5.05. The molecule has 26 heavy (non-hydrogen) atoms. The second-order valence-electron chi connectivity index (χ2n) is 6.33. The van der Waals surface area contributed by atoms with E-state index in [-0.39, 0.29) is 31.0 Å². The van der Waals surface area contributed by atoms with Crippen LogP contribution in [0.2, 0.25) is 0 Å². The molecule has 8 heteroatoms. The average molecular weight is 362 g/mol. The number of aliphatic carboxylic acids is 1. The number of carboxylic acid groups (broad SMARTS) is 1. The van der Waals surface area contributed by atoms with E-state index < -0.39 is 29.9 Å². The molecule has 0 saturated heterocycles. The molecule has 0 radical (unpaired) electrons. The van der Waals surface area contributed by atoms with Gasteiger partial charge in [0.15, 0.2) is 0 Å². The van der Waals surface area contributed by atoms with Gasteiger partial charge in [0.05, 0.1) is 13.0 Å². The number of amides is 2. The van der Waals surface area contributed by atoms with Crippen LogP contribution in [0.25, 0.3) is 0 Å². The molecule has 1 unspecified atom stereocenters. The van der Waals surface area contributed by atoms with Crippen LogP contribution in [-0.4, -0.2) is 47.9 Å². The minimum absolute atomic E-state index is 0.0210. The smallest absolute Gasteiger partial charge is 0.326 e. The molecular weight excluding hydrogens is 340 g/mol. The Kier molecular flexibility index (Phi) is 6.32. The van der Waals surface area contributed by atoms with E-state index in [2.05, 4.69) is 10.6 Å². The van der Waals surface area contributed by atoms with Crippen LogP contribution in [0, 0.1) is 5.92 Å². The first kappa shape index (κ1) is 19.4. The first-order valence-electron chi connectivity index (χ1n) is 8.28. The second-order valence-corrected chi connectivity index (χ2v) is 6.33. The minimum atomic E-state index is -1.17. The summed E-state index contributed by atoms with van der Waals surface area (Å²) in [7, 11) is 1.53. The van der Waals surface area contributed by atoms with E-state index in [9.17, 15) is 24.3 Å². The number of hydrogen-bond donors (Lipinski definition) is 3. The number of Topliss-reactive ketones (excluding diaryl/α,β-unsaturated/α-hetero) is 1. The van der Waals surface area contributed by atoms with Crippen LogP contribution in [-0.2, 0) is 25.6 Å². The number of nitrogens with one attached hydrogen (secondary N) is 2. The summed E-state index contributed by atoms with van der Waals surface area (Å²) in [5.74, 6) is -1.85. The van der Waals surface area contributed by atoms with E-state index in [0.29, 0.717) is 5.75 Å². The summed E-state index contributed by atoms with van der Waals surface area (Å²) in [5, 5.41) is 14.3. The van der Waals surface area contributed by atoms with Crippen molar-refractivity contribution in [2.24, 2.45) is 5.92 Å². The van der Waals surface area contributed by atoms with E-state index in [0.717, 1.165) is 5.56 Å². The molecule has 1 aliphatic carbocycles. The Morgan fingerprint density at radius 2 is 1.81 bits per heavy atom. The van der Waals surface area contributed by atoms with Crippen LogP contribution in [0.3, 0.4) is 0 Å². The van der Waals surface area contributed by atoms with Gasteiger partial charge in [-0.15, -0.1) is 0 Å². The van der Waals surface area contributed by atoms with Crippen LogP contribution >= 0.6 is 0 Å². The molecule has 2 atom stereocenters. The van der Waals surface area contributed by atoms with Crippen molar-refractivity contribution in [3.8, 4) is 5.75 Å². The lowest BCUT2D eigenvalue weighted by atomic mass is 9.83. The maximum Gasteiger partial charge on any atom is 0.326 e. The Balaban J connectivity index is 1.90. The minimum Gasteiger partial charge on any atom is -0.497 e. The molecule has 1 aromatic rings. The molecule has 3 N–H and O–H groups in total. The molecule has 1 aliphatic rings. The van der Waals surface area contributed by atoms with Crippen molar-refractivity contribution in [3.63, 3.8) is 0 Å². The SMILES string of the molecule is COc1ccc(CC(NC(=O)[C@@H](C)NC(=O)C2CC(=O)C2)C(=O)O)cc1. The summed E-state index contributed by atoms with van der Waals surface area (Å²) in [4.78, 5) is 46.5. The van der Waals surface area contributed by atoms with Gasteiger partial charge in [0.1, 0.15) is 23.6 Å². The van der Waals surface area contributed by atoms with Gasteiger partial charge in [-0.3, -0.25) is 14.4 Å². The topological polar surface area (TPSA) is 122 Å². The van der Waals surface area contributed by atoms with Crippen LogP contribution < -0.4 is 15.4 Å². The molecular formula is C18H22N2O6. The molecule has 8 nitrogen and oxygen atoms in total. The van der Waals surface area contributed by atoms with Crippen molar-refractivity contribution in [1.29, 1.82) is 0 Å². The Hall–Kier alpha value is -2.90. The number of hydrogen-bond acceptors (Lipinski definition) is 5. The maximum absolute atomic E-state index is 12.2. The molecule has 0 bridgehead atoms. The quantitative estimate of drug-likeness (QED) is 0.611. The number of rotatable bonds is 8. The Bertz CT molecular complexity index is 692. The number of methoxy groups -OCH3 is 1. The van der Waals surface area contributed by atoms with Crippen molar-refractivity contribution < 1.29 is 29.0 Å². The van der Waals surface area contributed by atoms with E-state index in [1.807, 2.05) is 0 Å². The number of carbonyl (C=O) groups is 4. The molecule has 1 aromatic carbocycles. The van der Waals surface area contributed by atoms with Crippen molar-refractivity contribution in [2.45, 2.75) is 38.3 Å². The van der Waals surface area contributed by atoms with Crippen LogP contribution in [0.4, 0.5) is 0 Å². The van der Waals surface area contributed by atoms with Crippen LogP contribution in [0.1, 0.15) is 25.3 Å². The van der Waals surface area contributed by atoms with Crippen molar-refractivity contribution >= 4 is 23.6 Å². The molecule has 1 fully saturated rings. The van der Waals surface area contributed by atoms with Gasteiger partial charge < -0.3 is 20.5 Å². The van der Waals surface area contributed by atoms with E-state index in [1.165, 1.54) is 14.0 Å². The predicted octanol–water partition coefficient (Wildman–Crippen LogP) is 0.291. The van der Waals surface area contributed by atoms with Gasteiger partial charge >= 0.3 is 5.97 Å².